The van der Waals surface area contributed by atoms with Crippen molar-refractivity contribution in [3.8, 4) is 16.9 Å². The van der Waals surface area contributed by atoms with Gasteiger partial charge in [-0.15, -0.1) is 0 Å². The van der Waals surface area contributed by atoms with Crippen molar-refractivity contribution in [3.05, 3.63) is 76.7 Å². The third kappa shape index (κ3) is 3.72. The average molecular weight is 463 g/mol. The van der Waals surface area contributed by atoms with Gasteiger partial charge in [-0.05, 0) is 36.8 Å². The summed E-state index contributed by atoms with van der Waals surface area (Å²) in [7, 11) is 3.15. The molecule has 2 aromatic heterocycles. The van der Waals surface area contributed by atoms with Crippen molar-refractivity contribution in [1.82, 2.24) is 19.3 Å². The topological polar surface area (TPSA) is 71.8 Å². The first-order valence-corrected chi connectivity index (χ1v) is 10.9. The minimum Gasteiger partial charge on any atom is -0.493 e. The van der Waals surface area contributed by atoms with Crippen LogP contribution in [0.4, 0.5) is 14.7 Å². The lowest BCUT2D eigenvalue weighted by Gasteiger charge is -2.14. The Balaban J connectivity index is 1.50. The molecule has 0 radical (unpaired) electrons. The van der Waals surface area contributed by atoms with Gasteiger partial charge >= 0.3 is 0 Å². The van der Waals surface area contributed by atoms with Gasteiger partial charge in [-0.25, -0.2) is 18.7 Å². The van der Waals surface area contributed by atoms with Gasteiger partial charge < -0.3 is 15.0 Å². The molecular formula is C25H23F2N5O2. The first kappa shape index (κ1) is 21.8. The van der Waals surface area contributed by atoms with Gasteiger partial charge in [-0.2, -0.15) is 0 Å². The number of fused-ring (bicyclic) bond motifs is 2. The Labute approximate surface area is 195 Å². The van der Waals surface area contributed by atoms with Crippen LogP contribution in [-0.2, 0) is 13.0 Å². The molecule has 0 spiro atoms. The SMILES string of the molecule is Cc1cn2c(NCc3c(F)ccc4c3CCO4)ncc(-c3ccc(C(=O)N(C)C)c(F)c3)c2n1. The second kappa shape index (κ2) is 8.40. The molecular weight excluding hydrogens is 440 g/mol. The first-order chi connectivity index (χ1) is 16.3. The summed E-state index contributed by atoms with van der Waals surface area (Å²) < 4.78 is 36.6. The standard InChI is InChI=1S/C25H23F2N5O2/c1-14-13-32-23(30-14)18(15-4-5-17(21(27)10-15)24(33)31(2)3)11-28-25(32)29-12-19-16-8-9-34-22(16)7-6-20(19)26/h4-7,10-11,13H,8-9,12H2,1-3H3,(H,28,29). The molecule has 1 N–H and O–H groups in total. The fourth-order valence-corrected chi connectivity index (χ4v) is 4.20. The van der Waals surface area contributed by atoms with Crippen LogP contribution in [0.1, 0.15) is 27.2 Å². The van der Waals surface area contributed by atoms with Gasteiger partial charge in [0, 0.05) is 56.1 Å². The van der Waals surface area contributed by atoms with Crippen LogP contribution in [0.5, 0.6) is 5.75 Å². The Morgan fingerprint density at radius 2 is 2.03 bits per heavy atom. The van der Waals surface area contributed by atoms with Crippen LogP contribution in [0.2, 0.25) is 0 Å². The van der Waals surface area contributed by atoms with Crippen molar-refractivity contribution in [3.63, 3.8) is 0 Å². The fourth-order valence-electron chi connectivity index (χ4n) is 4.20. The first-order valence-electron chi connectivity index (χ1n) is 10.9. The van der Waals surface area contributed by atoms with Crippen molar-refractivity contribution in [2.45, 2.75) is 19.9 Å². The Morgan fingerprint density at radius 1 is 1.21 bits per heavy atom. The molecule has 9 heteroatoms. The average Bonchev–Trinajstić information content (AvgIpc) is 3.44. The summed E-state index contributed by atoms with van der Waals surface area (Å²) in [6.07, 6.45) is 4.07. The lowest BCUT2D eigenvalue weighted by molar-refractivity contribution is 0.0823. The summed E-state index contributed by atoms with van der Waals surface area (Å²) in [5.74, 6) is -0.128. The van der Waals surface area contributed by atoms with Gasteiger partial charge in [-0.3, -0.25) is 9.20 Å². The zero-order chi connectivity index (χ0) is 24.0. The van der Waals surface area contributed by atoms with E-state index in [1.54, 1.807) is 36.8 Å². The molecule has 0 aliphatic carbocycles. The second-order valence-corrected chi connectivity index (χ2v) is 8.42. The van der Waals surface area contributed by atoms with Crippen LogP contribution in [0, 0.1) is 18.6 Å². The lowest BCUT2D eigenvalue weighted by atomic mass is 10.0. The molecule has 1 amide bonds. The molecule has 1 aliphatic rings. The predicted octanol–water partition coefficient (Wildman–Crippen LogP) is 4.23. The van der Waals surface area contributed by atoms with Gasteiger partial charge in [0.2, 0.25) is 5.95 Å². The number of nitrogens with one attached hydrogen (secondary N) is 1. The molecule has 174 valence electrons. The van der Waals surface area contributed by atoms with Gasteiger partial charge in [0.1, 0.15) is 23.0 Å². The van der Waals surface area contributed by atoms with Crippen LogP contribution >= 0.6 is 0 Å². The molecule has 0 fully saturated rings. The number of rotatable bonds is 5. The minimum atomic E-state index is -0.615. The summed E-state index contributed by atoms with van der Waals surface area (Å²) in [5, 5.41) is 3.21. The Hall–Kier alpha value is -4.01. The van der Waals surface area contributed by atoms with E-state index in [9.17, 15) is 13.6 Å². The highest BCUT2D eigenvalue weighted by atomic mass is 19.1. The molecule has 0 unspecified atom stereocenters. The zero-order valence-electron chi connectivity index (χ0n) is 19.0. The molecule has 34 heavy (non-hydrogen) atoms. The number of carbonyl (C=O) groups is 1. The summed E-state index contributed by atoms with van der Waals surface area (Å²) in [4.78, 5) is 22.6. The molecule has 7 nitrogen and oxygen atoms in total. The number of halogens is 2. The van der Waals surface area contributed by atoms with Gasteiger partial charge in [0.05, 0.1) is 17.9 Å². The van der Waals surface area contributed by atoms with E-state index in [1.807, 2.05) is 13.1 Å². The summed E-state index contributed by atoms with van der Waals surface area (Å²) >= 11 is 0. The van der Waals surface area contributed by atoms with Crippen LogP contribution in [-0.4, -0.2) is 45.9 Å². The molecule has 0 saturated heterocycles. The molecule has 0 atom stereocenters. The maximum absolute atomic E-state index is 14.7. The number of hydrogen-bond acceptors (Lipinski definition) is 5. The van der Waals surface area contributed by atoms with E-state index in [1.165, 1.54) is 23.1 Å². The highest BCUT2D eigenvalue weighted by Gasteiger charge is 2.21. The number of ether oxygens (including phenoxy) is 1. The highest BCUT2D eigenvalue weighted by molar-refractivity contribution is 5.95. The molecule has 5 rings (SSSR count). The largest absolute Gasteiger partial charge is 0.493 e. The van der Waals surface area contributed by atoms with Crippen molar-refractivity contribution < 1.29 is 18.3 Å². The van der Waals surface area contributed by atoms with E-state index in [2.05, 4.69) is 15.3 Å². The monoisotopic (exact) mass is 463 g/mol. The molecule has 2 aromatic carbocycles. The van der Waals surface area contributed by atoms with Gasteiger partial charge in [-0.1, -0.05) is 6.07 Å². The number of carbonyl (C=O) groups excluding carboxylic acids is 1. The second-order valence-electron chi connectivity index (χ2n) is 8.42. The predicted molar refractivity (Wildman–Crippen MR) is 124 cm³/mol. The number of benzene rings is 2. The number of nitrogens with zero attached hydrogens (tertiary/aromatic N) is 4. The van der Waals surface area contributed by atoms with E-state index in [-0.39, 0.29) is 17.9 Å². The van der Waals surface area contributed by atoms with E-state index in [0.29, 0.717) is 47.1 Å². The maximum Gasteiger partial charge on any atom is 0.256 e. The summed E-state index contributed by atoms with van der Waals surface area (Å²) in [6.45, 7) is 2.62. The molecule has 4 aromatic rings. The van der Waals surface area contributed by atoms with Crippen LogP contribution < -0.4 is 10.1 Å². The number of aryl methyl sites for hydroxylation is 1. The van der Waals surface area contributed by atoms with E-state index in [4.69, 9.17) is 4.74 Å². The maximum atomic E-state index is 14.7. The van der Waals surface area contributed by atoms with Crippen LogP contribution in [0.3, 0.4) is 0 Å². The third-order valence-electron chi connectivity index (χ3n) is 5.89. The Bertz CT molecular complexity index is 1430. The fraction of sp³-hybridized carbons (Fsp3) is 0.240. The minimum absolute atomic E-state index is 0.00284. The molecule has 3 heterocycles. The normalized spacial score (nSPS) is 12.5. The van der Waals surface area contributed by atoms with Crippen molar-refractivity contribution in [2.75, 3.05) is 26.0 Å². The molecule has 0 bridgehead atoms. The van der Waals surface area contributed by atoms with Gasteiger partial charge in [0.15, 0.2) is 0 Å². The Morgan fingerprint density at radius 3 is 2.79 bits per heavy atom. The summed E-state index contributed by atoms with van der Waals surface area (Å²) in [5.41, 5.74) is 3.89. The number of anilines is 1. The van der Waals surface area contributed by atoms with E-state index in [0.717, 1.165) is 11.3 Å². The number of aromatic nitrogens is 3. The van der Waals surface area contributed by atoms with Crippen molar-refractivity contribution in [2.24, 2.45) is 0 Å². The van der Waals surface area contributed by atoms with Crippen LogP contribution in [0.15, 0.2) is 42.7 Å². The molecule has 1 aliphatic heterocycles. The lowest BCUT2D eigenvalue weighted by Crippen LogP contribution is -2.22. The molecule has 0 saturated carbocycles. The van der Waals surface area contributed by atoms with Crippen LogP contribution in [0.25, 0.3) is 16.8 Å². The third-order valence-corrected chi connectivity index (χ3v) is 5.89. The number of amides is 1. The van der Waals surface area contributed by atoms with E-state index >= 15 is 0 Å². The van der Waals surface area contributed by atoms with Gasteiger partial charge in [0.25, 0.3) is 5.91 Å². The summed E-state index contributed by atoms with van der Waals surface area (Å²) in [6, 6.07) is 7.52. The smallest absolute Gasteiger partial charge is 0.256 e. The van der Waals surface area contributed by atoms with Crippen molar-refractivity contribution in [1.29, 1.82) is 0 Å². The Kier molecular flexibility index (Phi) is 5.39. The number of imidazole rings is 1. The zero-order valence-corrected chi connectivity index (χ0v) is 19.0. The van der Waals surface area contributed by atoms with Crippen molar-refractivity contribution >= 4 is 17.5 Å². The number of hydrogen-bond donors (Lipinski definition) is 1. The highest BCUT2D eigenvalue weighted by Crippen LogP contribution is 2.31. The quantitative estimate of drug-likeness (QED) is 0.480. The van der Waals surface area contributed by atoms with E-state index < -0.39 is 11.7 Å².